The highest BCUT2D eigenvalue weighted by molar-refractivity contribution is 6.05. The Labute approximate surface area is 215 Å². The summed E-state index contributed by atoms with van der Waals surface area (Å²) in [6, 6.07) is 15.8. The fourth-order valence-electron chi connectivity index (χ4n) is 4.53. The molecule has 0 spiro atoms. The number of nitrogens with one attached hydrogen (secondary N) is 1. The van der Waals surface area contributed by atoms with Crippen LogP contribution in [0.2, 0.25) is 0 Å². The van der Waals surface area contributed by atoms with E-state index in [1.165, 1.54) is 18.2 Å². The van der Waals surface area contributed by atoms with Crippen molar-refractivity contribution in [2.45, 2.75) is 44.7 Å². The molecule has 1 saturated carbocycles. The Hall–Kier alpha value is -4.26. The van der Waals surface area contributed by atoms with E-state index in [4.69, 9.17) is 0 Å². The smallest absolute Gasteiger partial charge is 0.329 e. The van der Waals surface area contributed by atoms with Gasteiger partial charge in [-0.2, -0.15) is 0 Å². The minimum Gasteiger partial charge on any atom is -0.480 e. The summed E-state index contributed by atoms with van der Waals surface area (Å²) in [5.41, 5.74) is 1.22. The monoisotopic (exact) mass is 500 g/mol. The summed E-state index contributed by atoms with van der Waals surface area (Å²) >= 11 is 0. The van der Waals surface area contributed by atoms with Gasteiger partial charge in [-0.15, -0.1) is 0 Å². The van der Waals surface area contributed by atoms with Gasteiger partial charge < -0.3 is 15.0 Å². The highest BCUT2D eigenvalue weighted by Crippen LogP contribution is 2.30. The van der Waals surface area contributed by atoms with Gasteiger partial charge in [0, 0.05) is 18.3 Å². The molecular formula is C30H29FN2O4. The van der Waals surface area contributed by atoms with E-state index in [0.29, 0.717) is 37.9 Å². The first-order valence-electron chi connectivity index (χ1n) is 12.2. The number of rotatable bonds is 9. The molecule has 1 fully saturated rings. The van der Waals surface area contributed by atoms with Gasteiger partial charge in [0.05, 0.1) is 11.3 Å². The molecule has 37 heavy (non-hydrogen) atoms. The fourth-order valence-corrected chi connectivity index (χ4v) is 4.53. The number of allylic oxidation sites excluding steroid dienone is 2. The van der Waals surface area contributed by atoms with E-state index in [2.05, 4.69) is 5.32 Å². The lowest BCUT2D eigenvalue weighted by Gasteiger charge is -2.25. The molecule has 1 aliphatic rings. The Kier molecular flexibility index (Phi) is 7.82. The number of hydrogen-bond acceptors (Lipinski definition) is 3. The molecule has 1 amide bonds. The van der Waals surface area contributed by atoms with Crippen LogP contribution in [0.1, 0.15) is 63.2 Å². The number of nitrogens with zero attached hydrogens (tertiary/aromatic N) is 1. The summed E-state index contributed by atoms with van der Waals surface area (Å²) in [5.74, 6) is -2.71. The van der Waals surface area contributed by atoms with Crippen molar-refractivity contribution in [1.82, 2.24) is 9.88 Å². The van der Waals surface area contributed by atoms with Crippen molar-refractivity contribution in [3.8, 4) is 0 Å². The maximum atomic E-state index is 15.2. The summed E-state index contributed by atoms with van der Waals surface area (Å²) in [6.07, 6.45) is 10.4. The number of carboxylic acids is 1. The molecule has 0 aliphatic heterocycles. The van der Waals surface area contributed by atoms with Gasteiger partial charge in [0.1, 0.15) is 11.4 Å². The summed E-state index contributed by atoms with van der Waals surface area (Å²) in [7, 11) is 0. The first-order valence-corrected chi connectivity index (χ1v) is 12.2. The van der Waals surface area contributed by atoms with Crippen molar-refractivity contribution >= 4 is 29.8 Å². The summed E-state index contributed by atoms with van der Waals surface area (Å²) in [5, 5.41) is 12.2. The number of amides is 1. The number of hydrogen-bond donors (Lipinski definition) is 2. The Morgan fingerprint density at radius 2 is 1.76 bits per heavy atom. The van der Waals surface area contributed by atoms with Crippen LogP contribution in [0, 0.1) is 12.7 Å². The van der Waals surface area contributed by atoms with Crippen molar-refractivity contribution in [3.05, 3.63) is 107 Å². The van der Waals surface area contributed by atoms with Crippen LogP contribution in [0.5, 0.6) is 0 Å². The lowest BCUT2D eigenvalue weighted by molar-refractivity contribution is -0.144. The van der Waals surface area contributed by atoms with Crippen molar-refractivity contribution in [3.63, 3.8) is 0 Å². The molecule has 1 heterocycles. The number of carbonyl (C=O) groups is 3. The Morgan fingerprint density at radius 3 is 2.46 bits per heavy atom. The van der Waals surface area contributed by atoms with E-state index in [9.17, 15) is 19.5 Å². The maximum Gasteiger partial charge on any atom is 0.329 e. The van der Waals surface area contributed by atoms with Gasteiger partial charge >= 0.3 is 5.97 Å². The molecule has 1 aliphatic carbocycles. The van der Waals surface area contributed by atoms with Crippen LogP contribution >= 0.6 is 0 Å². The fraction of sp³-hybridized carbons (Fsp3) is 0.233. The van der Waals surface area contributed by atoms with E-state index in [0.717, 1.165) is 11.1 Å². The number of carboxylic acid groups (broad SMARTS) is 1. The maximum absolute atomic E-state index is 15.2. The van der Waals surface area contributed by atoms with Gasteiger partial charge in [-0.1, -0.05) is 73.0 Å². The average molecular weight is 501 g/mol. The van der Waals surface area contributed by atoms with Crippen LogP contribution in [0.15, 0.2) is 72.9 Å². The zero-order chi connectivity index (χ0) is 26.4. The third kappa shape index (κ3) is 5.94. The number of ketones is 1. The second-order valence-corrected chi connectivity index (χ2v) is 9.31. The van der Waals surface area contributed by atoms with E-state index in [1.807, 2.05) is 31.2 Å². The predicted octanol–water partition coefficient (Wildman–Crippen LogP) is 5.67. The third-order valence-corrected chi connectivity index (χ3v) is 6.68. The van der Waals surface area contributed by atoms with E-state index < -0.39 is 23.2 Å². The van der Waals surface area contributed by atoms with Gasteiger partial charge in [-0.05, 0) is 49.6 Å². The molecule has 0 bridgehead atoms. The minimum atomic E-state index is -1.35. The number of aryl methyl sites for hydroxylation is 1. The number of carbonyl (C=O) groups excluding carboxylic acids is 2. The first-order chi connectivity index (χ1) is 17.8. The van der Waals surface area contributed by atoms with Gasteiger partial charge in [0.15, 0.2) is 0 Å². The molecule has 0 saturated heterocycles. The molecule has 6 nitrogen and oxygen atoms in total. The molecular weight excluding hydrogens is 471 g/mol. The van der Waals surface area contributed by atoms with Crippen molar-refractivity contribution in [2.75, 3.05) is 0 Å². The van der Waals surface area contributed by atoms with Crippen LogP contribution in [-0.2, 0) is 11.3 Å². The standard InChI is InChI=1S/C30H29FN2O4/c1-21-11-13-22(14-12-21)15-16-26(34)25-10-6-20-33(25)19-5-8-23-7-4-9-24(27(23)31)28(35)32-30(29(36)37)17-2-3-18-30/h4-16,20H,2-3,17-19H2,1H3,(H,32,35)(H,36,37)/b8-5+,16-15+. The Balaban J connectivity index is 1.44. The van der Waals surface area contributed by atoms with Gasteiger partial charge in [0.25, 0.3) is 5.91 Å². The van der Waals surface area contributed by atoms with Crippen LogP contribution in [0.3, 0.4) is 0 Å². The lowest BCUT2D eigenvalue weighted by Crippen LogP contribution is -2.52. The van der Waals surface area contributed by atoms with Gasteiger partial charge in [0.2, 0.25) is 5.78 Å². The molecule has 0 atom stereocenters. The zero-order valence-corrected chi connectivity index (χ0v) is 20.6. The van der Waals surface area contributed by atoms with E-state index in [1.54, 1.807) is 47.2 Å². The molecule has 0 radical (unpaired) electrons. The topological polar surface area (TPSA) is 88.4 Å². The lowest BCUT2D eigenvalue weighted by atomic mass is 9.97. The molecule has 0 unspecified atom stereocenters. The predicted molar refractivity (Wildman–Crippen MR) is 141 cm³/mol. The zero-order valence-electron chi connectivity index (χ0n) is 20.6. The average Bonchev–Trinajstić information content (AvgIpc) is 3.55. The van der Waals surface area contributed by atoms with Crippen LogP contribution < -0.4 is 5.32 Å². The summed E-state index contributed by atoms with van der Waals surface area (Å²) < 4.78 is 16.9. The SMILES string of the molecule is Cc1ccc(/C=C/C(=O)c2cccn2C/C=C/c2cccc(C(=O)NC3(C(=O)O)CCCC3)c2F)cc1. The quantitative estimate of drug-likeness (QED) is 0.293. The molecule has 4 rings (SSSR count). The highest BCUT2D eigenvalue weighted by atomic mass is 19.1. The second kappa shape index (κ2) is 11.2. The highest BCUT2D eigenvalue weighted by Gasteiger charge is 2.43. The molecule has 1 aromatic heterocycles. The second-order valence-electron chi connectivity index (χ2n) is 9.31. The normalized spacial score (nSPS) is 14.9. The summed E-state index contributed by atoms with van der Waals surface area (Å²) in [6.45, 7) is 2.32. The largest absolute Gasteiger partial charge is 0.480 e. The van der Waals surface area contributed by atoms with Crippen molar-refractivity contribution in [1.29, 1.82) is 0 Å². The molecule has 2 aromatic carbocycles. The van der Waals surface area contributed by atoms with Gasteiger partial charge in [-0.25, -0.2) is 9.18 Å². The first kappa shape index (κ1) is 25.8. The van der Waals surface area contributed by atoms with Crippen LogP contribution in [0.25, 0.3) is 12.2 Å². The Morgan fingerprint density at radius 1 is 1.03 bits per heavy atom. The van der Waals surface area contributed by atoms with E-state index in [-0.39, 0.29) is 16.9 Å². The number of halogens is 1. The van der Waals surface area contributed by atoms with Crippen molar-refractivity contribution in [2.24, 2.45) is 0 Å². The molecule has 7 heteroatoms. The molecule has 190 valence electrons. The molecule has 2 N–H and O–H groups in total. The van der Waals surface area contributed by atoms with Crippen LogP contribution in [-0.4, -0.2) is 32.9 Å². The Bertz CT molecular complexity index is 1360. The van der Waals surface area contributed by atoms with E-state index >= 15 is 4.39 Å². The van der Waals surface area contributed by atoms with Gasteiger partial charge in [-0.3, -0.25) is 9.59 Å². The third-order valence-electron chi connectivity index (χ3n) is 6.68. The van der Waals surface area contributed by atoms with Crippen molar-refractivity contribution < 1.29 is 23.9 Å². The number of benzene rings is 2. The number of aromatic nitrogens is 1. The van der Waals surface area contributed by atoms with Crippen LogP contribution in [0.4, 0.5) is 4.39 Å². The summed E-state index contributed by atoms with van der Waals surface area (Å²) in [4.78, 5) is 37.2. The molecule has 3 aromatic rings. The minimum absolute atomic E-state index is 0.150. The number of aliphatic carboxylic acids is 1.